The van der Waals surface area contributed by atoms with Gasteiger partial charge in [-0.15, -0.1) is 0 Å². The summed E-state index contributed by atoms with van der Waals surface area (Å²) in [6, 6.07) is 13.4. The van der Waals surface area contributed by atoms with Crippen molar-refractivity contribution in [3.63, 3.8) is 0 Å². The summed E-state index contributed by atoms with van der Waals surface area (Å²) < 4.78 is 1.88. The third kappa shape index (κ3) is 2.74. The number of hydrogen-bond acceptors (Lipinski definition) is 4. The maximum absolute atomic E-state index is 12.4. The molecular formula is C18H16N4O2. The zero-order valence-corrected chi connectivity index (χ0v) is 13.1. The van der Waals surface area contributed by atoms with Crippen molar-refractivity contribution in [2.24, 2.45) is 5.16 Å². The van der Waals surface area contributed by atoms with Gasteiger partial charge in [0.2, 0.25) is 6.10 Å². The molecule has 1 aliphatic rings. The molecule has 1 aromatic carbocycles. The van der Waals surface area contributed by atoms with Gasteiger partial charge in [0.1, 0.15) is 5.65 Å². The molecule has 0 unspecified atom stereocenters. The fourth-order valence-electron chi connectivity index (χ4n) is 2.73. The molecule has 3 aromatic rings. The van der Waals surface area contributed by atoms with Gasteiger partial charge in [0, 0.05) is 18.8 Å². The minimum absolute atomic E-state index is 0.208. The van der Waals surface area contributed by atoms with E-state index >= 15 is 0 Å². The van der Waals surface area contributed by atoms with Gasteiger partial charge in [0.25, 0.3) is 5.91 Å². The second kappa shape index (κ2) is 5.81. The van der Waals surface area contributed by atoms with Crippen LogP contribution < -0.4 is 5.32 Å². The molecule has 3 heterocycles. The Kier molecular flexibility index (Phi) is 3.49. The first-order chi connectivity index (χ1) is 11.7. The van der Waals surface area contributed by atoms with Crippen LogP contribution >= 0.6 is 0 Å². The van der Waals surface area contributed by atoms with Crippen LogP contribution in [-0.4, -0.2) is 27.1 Å². The summed E-state index contributed by atoms with van der Waals surface area (Å²) in [6.07, 6.45) is 3.59. The minimum Gasteiger partial charge on any atom is -0.382 e. The van der Waals surface area contributed by atoms with Gasteiger partial charge in [-0.2, -0.15) is 0 Å². The van der Waals surface area contributed by atoms with Crippen LogP contribution in [0, 0.1) is 6.92 Å². The predicted octanol–water partition coefficient (Wildman–Crippen LogP) is 2.77. The van der Waals surface area contributed by atoms with Crippen molar-refractivity contribution >= 4 is 23.0 Å². The summed E-state index contributed by atoms with van der Waals surface area (Å²) in [7, 11) is 0. The molecule has 0 aliphatic carbocycles. The van der Waals surface area contributed by atoms with Crippen molar-refractivity contribution in [1.82, 2.24) is 9.38 Å². The van der Waals surface area contributed by atoms with E-state index in [-0.39, 0.29) is 5.91 Å². The number of amides is 1. The van der Waals surface area contributed by atoms with Crippen LogP contribution in [0.5, 0.6) is 0 Å². The zero-order chi connectivity index (χ0) is 16.5. The number of imidazole rings is 1. The number of pyridine rings is 1. The van der Waals surface area contributed by atoms with E-state index < -0.39 is 6.10 Å². The van der Waals surface area contributed by atoms with Gasteiger partial charge in [0.15, 0.2) is 0 Å². The van der Waals surface area contributed by atoms with Gasteiger partial charge in [-0.05, 0) is 24.6 Å². The first-order valence-electron chi connectivity index (χ1n) is 7.73. The molecule has 1 amide bonds. The number of oxime groups is 1. The van der Waals surface area contributed by atoms with Crippen molar-refractivity contribution in [2.75, 3.05) is 5.32 Å². The van der Waals surface area contributed by atoms with E-state index in [9.17, 15) is 4.79 Å². The number of hydrogen-bond donors (Lipinski definition) is 1. The average Bonchev–Trinajstić information content (AvgIpc) is 3.21. The quantitative estimate of drug-likeness (QED) is 0.807. The Bertz CT molecular complexity index is 931. The van der Waals surface area contributed by atoms with E-state index in [1.807, 2.05) is 66.2 Å². The summed E-state index contributed by atoms with van der Waals surface area (Å²) in [5, 5.41) is 6.92. The first-order valence-corrected chi connectivity index (χ1v) is 7.73. The van der Waals surface area contributed by atoms with Crippen LogP contribution in [0.2, 0.25) is 0 Å². The van der Waals surface area contributed by atoms with Crippen molar-refractivity contribution in [3.8, 4) is 0 Å². The monoisotopic (exact) mass is 320 g/mol. The number of anilines is 1. The van der Waals surface area contributed by atoms with E-state index in [4.69, 9.17) is 4.84 Å². The maximum Gasteiger partial charge on any atom is 0.268 e. The van der Waals surface area contributed by atoms with Crippen molar-refractivity contribution in [2.45, 2.75) is 19.4 Å². The van der Waals surface area contributed by atoms with E-state index in [1.165, 1.54) is 0 Å². The third-order valence-electron chi connectivity index (χ3n) is 3.91. The van der Waals surface area contributed by atoms with Crippen LogP contribution in [-0.2, 0) is 9.63 Å². The average molecular weight is 320 g/mol. The molecule has 0 radical (unpaired) electrons. The lowest BCUT2D eigenvalue weighted by Crippen LogP contribution is -2.28. The Morgan fingerprint density at radius 3 is 2.88 bits per heavy atom. The smallest absolute Gasteiger partial charge is 0.268 e. The van der Waals surface area contributed by atoms with Gasteiger partial charge in [-0.1, -0.05) is 35.5 Å². The topological polar surface area (TPSA) is 68.0 Å². The number of nitrogens with one attached hydrogen (secondary N) is 1. The standard InChI is InChI=1S/C18H16N4O2/c1-12-10-22-11-14(7-8-17(22)19-12)20-18(23)16-9-15(21-24-16)13-5-3-2-4-6-13/h2-8,10-11,16H,9H2,1H3,(H,20,23)/t16-/m1/s1. The van der Waals surface area contributed by atoms with Crippen LogP contribution in [0.1, 0.15) is 17.7 Å². The summed E-state index contributed by atoms with van der Waals surface area (Å²) in [5.74, 6) is -0.208. The zero-order valence-electron chi connectivity index (χ0n) is 13.1. The molecule has 24 heavy (non-hydrogen) atoms. The number of benzene rings is 1. The maximum atomic E-state index is 12.4. The Morgan fingerprint density at radius 2 is 2.04 bits per heavy atom. The van der Waals surface area contributed by atoms with Crippen LogP contribution in [0.3, 0.4) is 0 Å². The van der Waals surface area contributed by atoms with Crippen LogP contribution in [0.4, 0.5) is 5.69 Å². The molecule has 120 valence electrons. The van der Waals surface area contributed by atoms with Gasteiger partial charge in [-0.25, -0.2) is 4.98 Å². The predicted molar refractivity (Wildman–Crippen MR) is 91.0 cm³/mol. The van der Waals surface area contributed by atoms with Crippen LogP contribution in [0.15, 0.2) is 60.0 Å². The molecule has 2 aromatic heterocycles. The Hall–Kier alpha value is -3.15. The highest BCUT2D eigenvalue weighted by Gasteiger charge is 2.28. The molecule has 0 saturated heterocycles. The number of fused-ring (bicyclic) bond motifs is 1. The molecule has 1 aliphatic heterocycles. The second-order valence-electron chi connectivity index (χ2n) is 5.76. The lowest BCUT2D eigenvalue weighted by molar-refractivity contribution is -0.125. The summed E-state index contributed by atoms with van der Waals surface area (Å²) in [6.45, 7) is 1.93. The summed E-state index contributed by atoms with van der Waals surface area (Å²) >= 11 is 0. The number of carbonyl (C=O) groups excluding carboxylic acids is 1. The molecule has 6 nitrogen and oxygen atoms in total. The van der Waals surface area contributed by atoms with Crippen molar-refractivity contribution in [3.05, 3.63) is 66.1 Å². The molecule has 6 heteroatoms. The number of aryl methyl sites for hydroxylation is 1. The minimum atomic E-state index is -0.611. The fourth-order valence-corrected chi connectivity index (χ4v) is 2.73. The molecule has 0 spiro atoms. The Balaban J connectivity index is 1.45. The second-order valence-corrected chi connectivity index (χ2v) is 5.76. The molecular weight excluding hydrogens is 304 g/mol. The largest absolute Gasteiger partial charge is 0.382 e. The van der Waals surface area contributed by atoms with Crippen molar-refractivity contribution in [1.29, 1.82) is 0 Å². The van der Waals surface area contributed by atoms with Gasteiger partial charge in [-0.3, -0.25) is 4.79 Å². The fraction of sp³-hybridized carbons (Fsp3) is 0.167. The highest BCUT2D eigenvalue weighted by Crippen LogP contribution is 2.19. The molecule has 4 rings (SSSR count). The lowest BCUT2D eigenvalue weighted by Gasteiger charge is -2.09. The number of rotatable bonds is 3. The first kappa shape index (κ1) is 14.4. The van der Waals surface area contributed by atoms with Gasteiger partial charge in [0.05, 0.1) is 17.1 Å². The number of aromatic nitrogens is 2. The lowest BCUT2D eigenvalue weighted by atomic mass is 10.0. The van der Waals surface area contributed by atoms with Gasteiger partial charge < -0.3 is 14.6 Å². The number of nitrogens with zero attached hydrogens (tertiary/aromatic N) is 3. The van der Waals surface area contributed by atoms with E-state index in [2.05, 4.69) is 15.5 Å². The highest BCUT2D eigenvalue weighted by atomic mass is 16.6. The molecule has 1 N–H and O–H groups in total. The molecule has 0 bridgehead atoms. The van der Waals surface area contributed by atoms with E-state index in [0.717, 1.165) is 22.6 Å². The van der Waals surface area contributed by atoms with Gasteiger partial charge >= 0.3 is 0 Å². The Labute approximate surface area is 138 Å². The SMILES string of the molecule is Cc1cn2cc(NC(=O)[C@H]3CC(c4ccccc4)=NO3)ccc2n1. The molecule has 0 saturated carbocycles. The number of carbonyl (C=O) groups is 1. The van der Waals surface area contributed by atoms with E-state index in [1.54, 1.807) is 0 Å². The molecule has 0 fully saturated rings. The molecule has 1 atom stereocenters. The Morgan fingerprint density at radius 1 is 1.21 bits per heavy atom. The normalized spacial score (nSPS) is 16.7. The van der Waals surface area contributed by atoms with Crippen LogP contribution in [0.25, 0.3) is 5.65 Å². The highest BCUT2D eigenvalue weighted by molar-refractivity contribution is 6.06. The van der Waals surface area contributed by atoms with Crippen molar-refractivity contribution < 1.29 is 9.63 Å². The summed E-state index contributed by atoms with van der Waals surface area (Å²) in [4.78, 5) is 22.1. The summed E-state index contributed by atoms with van der Waals surface area (Å²) in [5.41, 5.74) is 4.23. The van der Waals surface area contributed by atoms with E-state index in [0.29, 0.717) is 12.1 Å². The third-order valence-corrected chi connectivity index (χ3v) is 3.91.